The molecule has 0 radical (unpaired) electrons. The summed E-state index contributed by atoms with van der Waals surface area (Å²) < 4.78 is 10.6. The minimum atomic E-state index is 0.0426. The van der Waals surface area contributed by atoms with Crippen LogP contribution in [0.25, 0.3) is 0 Å². The van der Waals surface area contributed by atoms with Gasteiger partial charge in [-0.05, 0) is 43.5 Å². The van der Waals surface area contributed by atoms with Gasteiger partial charge in [-0.2, -0.15) is 0 Å². The van der Waals surface area contributed by atoms with Crippen molar-refractivity contribution < 1.29 is 14.3 Å². The summed E-state index contributed by atoms with van der Waals surface area (Å²) >= 11 is 0. The van der Waals surface area contributed by atoms with Gasteiger partial charge in [0, 0.05) is 31.3 Å². The van der Waals surface area contributed by atoms with Gasteiger partial charge in [-0.1, -0.05) is 18.6 Å². The molecule has 1 aromatic carbocycles. The van der Waals surface area contributed by atoms with E-state index in [1.807, 2.05) is 24.0 Å². The molecule has 2 heterocycles. The number of rotatable bonds is 5. The summed E-state index contributed by atoms with van der Waals surface area (Å²) in [5, 5.41) is 0. The Balaban J connectivity index is 1.72. The van der Waals surface area contributed by atoms with Gasteiger partial charge in [0.25, 0.3) is 5.91 Å². The van der Waals surface area contributed by atoms with Gasteiger partial charge in [0.05, 0.1) is 19.3 Å². The van der Waals surface area contributed by atoms with Crippen molar-refractivity contribution in [3.05, 3.63) is 53.7 Å². The van der Waals surface area contributed by atoms with Gasteiger partial charge in [-0.3, -0.25) is 4.79 Å². The van der Waals surface area contributed by atoms with Crippen LogP contribution in [0.15, 0.2) is 42.6 Å². The highest BCUT2D eigenvalue weighted by atomic mass is 16.5. The molecule has 1 aliphatic rings. The number of carbonyl (C=O) groups is 1. The Morgan fingerprint density at radius 3 is 2.65 bits per heavy atom. The highest BCUT2D eigenvalue weighted by Gasteiger charge is 2.24. The summed E-state index contributed by atoms with van der Waals surface area (Å²) in [5.41, 5.74) is 1.87. The maximum Gasteiger partial charge on any atom is 0.255 e. The van der Waals surface area contributed by atoms with Crippen molar-refractivity contribution >= 4 is 5.91 Å². The van der Waals surface area contributed by atoms with E-state index in [2.05, 4.69) is 17.1 Å². The van der Waals surface area contributed by atoms with Gasteiger partial charge in [-0.15, -0.1) is 0 Å². The van der Waals surface area contributed by atoms with Crippen molar-refractivity contribution in [3.8, 4) is 11.6 Å². The van der Waals surface area contributed by atoms with Gasteiger partial charge >= 0.3 is 0 Å². The first-order chi connectivity index (χ1) is 12.7. The van der Waals surface area contributed by atoms with Crippen LogP contribution >= 0.6 is 0 Å². The zero-order valence-corrected chi connectivity index (χ0v) is 15.5. The van der Waals surface area contributed by atoms with Crippen LogP contribution in [-0.2, 0) is 0 Å². The predicted molar refractivity (Wildman–Crippen MR) is 101 cm³/mol. The second-order valence-electron chi connectivity index (χ2n) is 6.54. The lowest BCUT2D eigenvalue weighted by molar-refractivity contribution is 0.0754. The minimum Gasteiger partial charge on any atom is -0.497 e. The number of aromatic nitrogens is 1. The standard InChI is InChI=1S/C21H26N2O3/c1-3-26-20-12-9-17(14-22-20)21(24)23-13-5-4-6-18(15-23)16-7-10-19(25-2)11-8-16/h7-12,14,18H,3-6,13,15H2,1-2H3. The molecule has 1 amide bonds. The van der Waals surface area contributed by atoms with E-state index in [4.69, 9.17) is 9.47 Å². The summed E-state index contributed by atoms with van der Waals surface area (Å²) in [6, 6.07) is 11.8. The lowest BCUT2D eigenvalue weighted by atomic mass is 9.94. The molecule has 138 valence electrons. The Morgan fingerprint density at radius 2 is 2.00 bits per heavy atom. The molecule has 3 rings (SSSR count). The minimum absolute atomic E-state index is 0.0426. The highest BCUT2D eigenvalue weighted by Crippen LogP contribution is 2.28. The number of carbonyl (C=O) groups excluding carboxylic acids is 1. The van der Waals surface area contributed by atoms with Gasteiger partial charge < -0.3 is 14.4 Å². The topological polar surface area (TPSA) is 51.7 Å². The molecular formula is C21H26N2O3. The van der Waals surface area contributed by atoms with Gasteiger partial charge in [0.15, 0.2) is 0 Å². The number of hydrogen-bond donors (Lipinski definition) is 0. The SMILES string of the molecule is CCOc1ccc(C(=O)N2CCCCC(c3ccc(OC)cc3)C2)cn1. The molecule has 5 nitrogen and oxygen atoms in total. The number of ether oxygens (including phenoxy) is 2. The highest BCUT2D eigenvalue weighted by molar-refractivity contribution is 5.94. The largest absolute Gasteiger partial charge is 0.497 e. The summed E-state index contributed by atoms with van der Waals surface area (Å²) in [5.74, 6) is 1.80. The van der Waals surface area contributed by atoms with E-state index in [9.17, 15) is 4.79 Å². The first-order valence-corrected chi connectivity index (χ1v) is 9.23. The fourth-order valence-electron chi connectivity index (χ4n) is 3.40. The molecule has 5 heteroatoms. The summed E-state index contributed by atoms with van der Waals surface area (Å²) in [4.78, 5) is 19.1. The molecule has 0 spiro atoms. The van der Waals surface area contributed by atoms with Gasteiger partial charge in [0.2, 0.25) is 5.88 Å². The molecule has 1 aromatic heterocycles. The van der Waals surface area contributed by atoms with E-state index in [0.29, 0.717) is 24.0 Å². The quantitative estimate of drug-likeness (QED) is 0.817. The Hall–Kier alpha value is -2.56. The summed E-state index contributed by atoms with van der Waals surface area (Å²) in [7, 11) is 1.67. The van der Waals surface area contributed by atoms with Crippen LogP contribution < -0.4 is 9.47 Å². The molecule has 0 saturated carbocycles. The van der Waals surface area contributed by atoms with E-state index in [1.165, 1.54) is 5.56 Å². The smallest absolute Gasteiger partial charge is 0.255 e. The Bertz CT molecular complexity index is 713. The molecule has 1 unspecified atom stereocenters. The van der Waals surface area contributed by atoms with Crippen molar-refractivity contribution in [3.63, 3.8) is 0 Å². The molecule has 1 aliphatic heterocycles. The Kier molecular flexibility index (Phi) is 6.10. The first-order valence-electron chi connectivity index (χ1n) is 9.23. The van der Waals surface area contributed by atoms with Crippen LogP contribution in [0.3, 0.4) is 0 Å². The molecule has 0 N–H and O–H groups in total. The van der Waals surface area contributed by atoms with Gasteiger partial charge in [0.1, 0.15) is 5.75 Å². The lowest BCUT2D eigenvalue weighted by Gasteiger charge is -2.25. The zero-order chi connectivity index (χ0) is 18.4. The van der Waals surface area contributed by atoms with E-state index in [0.717, 1.165) is 38.1 Å². The second-order valence-corrected chi connectivity index (χ2v) is 6.54. The third-order valence-corrected chi connectivity index (χ3v) is 4.82. The molecule has 1 saturated heterocycles. The van der Waals surface area contributed by atoms with Crippen molar-refractivity contribution in [2.24, 2.45) is 0 Å². The van der Waals surface area contributed by atoms with Crippen LogP contribution in [0.2, 0.25) is 0 Å². The van der Waals surface area contributed by atoms with Crippen LogP contribution in [0.4, 0.5) is 0 Å². The van der Waals surface area contributed by atoms with Crippen LogP contribution in [0.5, 0.6) is 11.6 Å². The second kappa shape index (κ2) is 8.70. The number of hydrogen-bond acceptors (Lipinski definition) is 4. The van der Waals surface area contributed by atoms with Crippen molar-refractivity contribution in [1.82, 2.24) is 9.88 Å². The fourth-order valence-corrected chi connectivity index (χ4v) is 3.40. The molecule has 1 fully saturated rings. The summed E-state index contributed by atoms with van der Waals surface area (Å²) in [6.07, 6.45) is 4.86. The number of benzene rings is 1. The van der Waals surface area contributed by atoms with Crippen molar-refractivity contribution in [2.45, 2.75) is 32.1 Å². The van der Waals surface area contributed by atoms with E-state index >= 15 is 0 Å². The van der Waals surface area contributed by atoms with Crippen LogP contribution in [0.1, 0.15) is 48.0 Å². The monoisotopic (exact) mass is 354 g/mol. The predicted octanol–water partition coefficient (Wildman–Crippen LogP) is 3.90. The number of methoxy groups -OCH3 is 1. The summed E-state index contributed by atoms with van der Waals surface area (Å²) in [6.45, 7) is 4.00. The van der Waals surface area contributed by atoms with E-state index < -0.39 is 0 Å². The molecule has 26 heavy (non-hydrogen) atoms. The fraction of sp³-hybridized carbons (Fsp3) is 0.429. The van der Waals surface area contributed by atoms with E-state index in [1.54, 1.807) is 25.4 Å². The molecule has 0 aliphatic carbocycles. The van der Waals surface area contributed by atoms with Crippen LogP contribution in [0, 0.1) is 0 Å². The van der Waals surface area contributed by atoms with Crippen molar-refractivity contribution in [2.75, 3.05) is 26.8 Å². The van der Waals surface area contributed by atoms with Crippen molar-refractivity contribution in [1.29, 1.82) is 0 Å². The van der Waals surface area contributed by atoms with E-state index in [-0.39, 0.29) is 5.91 Å². The zero-order valence-electron chi connectivity index (χ0n) is 15.5. The number of pyridine rings is 1. The molecular weight excluding hydrogens is 328 g/mol. The average molecular weight is 354 g/mol. The molecule has 1 atom stereocenters. The number of likely N-dealkylation sites (tertiary alicyclic amines) is 1. The third kappa shape index (κ3) is 4.34. The molecule has 0 bridgehead atoms. The maximum absolute atomic E-state index is 12.9. The third-order valence-electron chi connectivity index (χ3n) is 4.82. The first kappa shape index (κ1) is 18.2. The number of nitrogens with zero attached hydrogens (tertiary/aromatic N) is 2. The average Bonchev–Trinajstić information content (AvgIpc) is 2.95. The Morgan fingerprint density at radius 1 is 1.19 bits per heavy atom. The molecule has 2 aromatic rings. The van der Waals surface area contributed by atoms with Gasteiger partial charge in [-0.25, -0.2) is 4.98 Å². The lowest BCUT2D eigenvalue weighted by Crippen LogP contribution is -2.34. The number of amides is 1. The normalized spacial score (nSPS) is 17.5. The Labute approximate surface area is 155 Å². The van der Waals surface area contributed by atoms with Crippen LogP contribution in [-0.4, -0.2) is 42.6 Å². The maximum atomic E-state index is 12.9.